The average Bonchev–Trinajstić information content (AvgIpc) is 2.84. The maximum Gasteiger partial charge on any atom is 0.506 e. The molecule has 1 unspecified atom stereocenters. The summed E-state index contributed by atoms with van der Waals surface area (Å²) in [5, 5.41) is 8.84. The Morgan fingerprint density at radius 1 is 1.35 bits per heavy atom. The summed E-state index contributed by atoms with van der Waals surface area (Å²) in [7, 11) is 0. The molecule has 6 nitrogen and oxygen atoms in total. The van der Waals surface area contributed by atoms with Gasteiger partial charge in [0.05, 0.1) is 0 Å². The first-order valence-corrected chi connectivity index (χ1v) is 6.37. The highest BCUT2D eigenvalue weighted by molar-refractivity contribution is 5.57. The third-order valence-electron chi connectivity index (χ3n) is 2.94. The topological polar surface area (TPSA) is 77.2 Å². The molecule has 0 saturated heterocycles. The maximum absolute atomic E-state index is 10.8. The highest BCUT2D eigenvalue weighted by Gasteiger charge is 2.24. The van der Waals surface area contributed by atoms with Crippen molar-refractivity contribution in [2.75, 3.05) is 0 Å². The number of hydrogen-bond donors (Lipinski definition) is 1. The van der Waals surface area contributed by atoms with E-state index in [9.17, 15) is 4.79 Å². The van der Waals surface area contributed by atoms with E-state index in [1.165, 1.54) is 0 Å². The lowest BCUT2D eigenvalue weighted by Gasteiger charge is -2.20. The van der Waals surface area contributed by atoms with Crippen LogP contribution in [-0.2, 0) is 11.3 Å². The number of pyridine rings is 1. The van der Waals surface area contributed by atoms with E-state index in [1.807, 2.05) is 36.7 Å². The number of ether oxygens (including phenoxy) is 1. The summed E-state index contributed by atoms with van der Waals surface area (Å²) in [4.78, 5) is 19.0. The van der Waals surface area contributed by atoms with Crippen LogP contribution in [0.15, 0.2) is 36.9 Å². The van der Waals surface area contributed by atoms with Crippen molar-refractivity contribution < 1.29 is 14.6 Å². The zero-order valence-electron chi connectivity index (χ0n) is 11.4. The van der Waals surface area contributed by atoms with Gasteiger partial charge in [0.25, 0.3) is 0 Å². The fourth-order valence-corrected chi connectivity index (χ4v) is 1.99. The predicted molar refractivity (Wildman–Crippen MR) is 72.3 cm³/mol. The Labute approximate surface area is 117 Å². The van der Waals surface area contributed by atoms with Crippen LogP contribution < -0.4 is 0 Å². The fraction of sp³-hybridized carbons (Fsp3) is 0.357. The number of nitrogens with zero attached hydrogens (tertiary/aromatic N) is 3. The minimum Gasteiger partial charge on any atom is -0.450 e. The van der Waals surface area contributed by atoms with Crippen molar-refractivity contribution in [1.82, 2.24) is 14.5 Å². The summed E-state index contributed by atoms with van der Waals surface area (Å²) in [6, 6.07) is 3.82. The van der Waals surface area contributed by atoms with Crippen molar-refractivity contribution in [2.45, 2.75) is 26.5 Å². The van der Waals surface area contributed by atoms with Gasteiger partial charge in [0.15, 0.2) is 11.9 Å². The largest absolute Gasteiger partial charge is 0.506 e. The summed E-state index contributed by atoms with van der Waals surface area (Å²) in [6.07, 6.45) is 5.04. The second kappa shape index (κ2) is 6.18. The average molecular weight is 275 g/mol. The lowest BCUT2D eigenvalue weighted by Crippen LogP contribution is -2.19. The Kier molecular flexibility index (Phi) is 4.34. The van der Waals surface area contributed by atoms with Crippen LogP contribution in [0.1, 0.15) is 31.3 Å². The van der Waals surface area contributed by atoms with Crippen molar-refractivity contribution in [3.8, 4) is 0 Å². The van der Waals surface area contributed by atoms with E-state index >= 15 is 0 Å². The number of carbonyl (C=O) groups is 1. The molecule has 6 heteroatoms. The minimum atomic E-state index is -1.29. The van der Waals surface area contributed by atoms with Crippen LogP contribution in [-0.4, -0.2) is 25.8 Å². The molecule has 0 aromatic carbocycles. The Balaban J connectivity index is 2.24. The van der Waals surface area contributed by atoms with Gasteiger partial charge in [-0.1, -0.05) is 13.8 Å². The van der Waals surface area contributed by atoms with Gasteiger partial charge >= 0.3 is 6.16 Å². The molecule has 0 fully saturated rings. The quantitative estimate of drug-likeness (QED) is 0.849. The number of hydrogen-bond acceptors (Lipinski definition) is 4. The van der Waals surface area contributed by atoms with Crippen molar-refractivity contribution >= 4 is 6.16 Å². The predicted octanol–water partition coefficient (Wildman–Crippen LogP) is 2.72. The van der Waals surface area contributed by atoms with Gasteiger partial charge in [0, 0.05) is 31.3 Å². The van der Waals surface area contributed by atoms with Crippen molar-refractivity contribution in [3.63, 3.8) is 0 Å². The van der Waals surface area contributed by atoms with E-state index < -0.39 is 12.3 Å². The van der Waals surface area contributed by atoms with Crippen molar-refractivity contribution in [1.29, 1.82) is 0 Å². The van der Waals surface area contributed by atoms with E-state index in [2.05, 4.69) is 9.97 Å². The molecule has 2 aromatic rings. The third-order valence-corrected chi connectivity index (χ3v) is 2.94. The summed E-state index contributed by atoms with van der Waals surface area (Å²) in [5.41, 5.74) is 1.07. The van der Waals surface area contributed by atoms with Gasteiger partial charge in [-0.3, -0.25) is 4.98 Å². The molecular formula is C14H17N3O3. The Morgan fingerprint density at radius 2 is 2.05 bits per heavy atom. The van der Waals surface area contributed by atoms with E-state index in [0.29, 0.717) is 12.4 Å². The van der Waals surface area contributed by atoms with Crippen LogP contribution in [0.2, 0.25) is 0 Å². The summed E-state index contributed by atoms with van der Waals surface area (Å²) < 4.78 is 6.85. The zero-order chi connectivity index (χ0) is 14.5. The Morgan fingerprint density at radius 3 is 2.65 bits per heavy atom. The number of rotatable bonds is 5. The molecule has 2 heterocycles. The normalized spacial score (nSPS) is 12.3. The van der Waals surface area contributed by atoms with E-state index in [4.69, 9.17) is 9.84 Å². The molecule has 2 aromatic heterocycles. The smallest absolute Gasteiger partial charge is 0.450 e. The van der Waals surface area contributed by atoms with Crippen LogP contribution in [0, 0.1) is 5.92 Å². The van der Waals surface area contributed by atoms with Crippen LogP contribution in [0.5, 0.6) is 0 Å². The van der Waals surface area contributed by atoms with Gasteiger partial charge < -0.3 is 14.4 Å². The summed E-state index contributed by atoms with van der Waals surface area (Å²) in [5.74, 6) is 0.615. The van der Waals surface area contributed by atoms with Crippen molar-refractivity contribution in [2.24, 2.45) is 5.92 Å². The molecular weight excluding hydrogens is 258 g/mol. The first kappa shape index (κ1) is 14.0. The lowest BCUT2D eigenvalue weighted by molar-refractivity contribution is 0.0251. The first-order valence-electron chi connectivity index (χ1n) is 6.37. The molecule has 1 atom stereocenters. The van der Waals surface area contributed by atoms with Gasteiger partial charge in [-0.2, -0.15) is 0 Å². The Hall–Kier alpha value is -2.37. The van der Waals surface area contributed by atoms with E-state index in [-0.39, 0.29) is 5.92 Å². The van der Waals surface area contributed by atoms with Gasteiger partial charge in [0.1, 0.15) is 0 Å². The standard InChI is InChI=1S/C14H17N3O3/c1-10(2)12(20-14(18)19)13-16-7-8-17(13)9-11-3-5-15-6-4-11/h3-8,10,12H,9H2,1-2H3,(H,18,19). The second-order valence-corrected chi connectivity index (χ2v) is 4.82. The van der Waals surface area contributed by atoms with E-state index in [0.717, 1.165) is 5.56 Å². The molecule has 1 N–H and O–H groups in total. The Bertz CT molecular complexity index is 566. The van der Waals surface area contributed by atoms with Crippen LogP contribution in [0.3, 0.4) is 0 Å². The van der Waals surface area contributed by atoms with Crippen molar-refractivity contribution in [3.05, 3.63) is 48.3 Å². The summed E-state index contributed by atoms with van der Waals surface area (Å²) in [6.45, 7) is 4.40. The molecule has 0 radical (unpaired) electrons. The van der Waals surface area contributed by atoms with Gasteiger partial charge in [-0.15, -0.1) is 0 Å². The zero-order valence-corrected chi connectivity index (χ0v) is 11.4. The number of carboxylic acid groups (broad SMARTS) is 1. The first-order chi connectivity index (χ1) is 9.58. The monoisotopic (exact) mass is 275 g/mol. The van der Waals surface area contributed by atoms with E-state index in [1.54, 1.807) is 18.6 Å². The molecule has 2 rings (SSSR count). The minimum absolute atomic E-state index is 0.00434. The molecule has 0 aliphatic heterocycles. The molecule has 0 aliphatic rings. The number of imidazole rings is 1. The van der Waals surface area contributed by atoms with Gasteiger partial charge in [-0.25, -0.2) is 9.78 Å². The maximum atomic E-state index is 10.8. The SMILES string of the molecule is CC(C)C(OC(=O)O)c1nccn1Cc1ccncc1. The van der Waals surface area contributed by atoms with Gasteiger partial charge in [0.2, 0.25) is 0 Å². The molecule has 0 spiro atoms. The molecule has 106 valence electrons. The van der Waals surface area contributed by atoms with Crippen LogP contribution in [0.4, 0.5) is 4.79 Å². The third kappa shape index (κ3) is 3.34. The number of aromatic nitrogens is 3. The lowest BCUT2D eigenvalue weighted by atomic mass is 10.1. The molecule has 0 bridgehead atoms. The van der Waals surface area contributed by atoms with Crippen LogP contribution >= 0.6 is 0 Å². The molecule has 0 saturated carbocycles. The highest BCUT2D eigenvalue weighted by Crippen LogP contribution is 2.25. The second-order valence-electron chi connectivity index (χ2n) is 4.82. The fourth-order valence-electron chi connectivity index (χ4n) is 1.99. The van der Waals surface area contributed by atoms with Crippen LogP contribution in [0.25, 0.3) is 0 Å². The van der Waals surface area contributed by atoms with Gasteiger partial charge in [-0.05, 0) is 23.6 Å². The molecule has 0 aliphatic carbocycles. The summed E-state index contributed by atoms with van der Waals surface area (Å²) >= 11 is 0. The molecule has 0 amide bonds. The molecule has 20 heavy (non-hydrogen) atoms. The highest BCUT2D eigenvalue weighted by atomic mass is 16.7.